The second-order valence-electron chi connectivity index (χ2n) is 6.10. The van der Waals surface area contributed by atoms with Gasteiger partial charge < -0.3 is 19.8 Å². The highest BCUT2D eigenvalue weighted by Gasteiger charge is 2.33. The molecule has 0 amide bonds. The van der Waals surface area contributed by atoms with E-state index in [-0.39, 0.29) is 5.88 Å². The Morgan fingerprint density at radius 3 is 2.56 bits per heavy atom. The van der Waals surface area contributed by atoms with Gasteiger partial charge in [-0.3, -0.25) is 0 Å². The second kappa shape index (κ2) is 7.28. The maximum absolute atomic E-state index is 12.1. The van der Waals surface area contributed by atoms with Crippen molar-refractivity contribution < 1.29 is 24.1 Å². The summed E-state index contributed by atoms with van der Waals surface area (Å²) >= 11 is 5.89. The van der Waals surface area contributed by atoms with E-state index in [0.717, 1.165) is 0 Å². The fraction of sp³-hybridized carbons (Fsp3) is 0.211. The van der Waals surface area contributed by atoms with Crippen LogP contribution in [0, 0.1) is 5.21 Å². The normalized spacial score (nSPS) is 13.1. The summed E-state index contributed by atoms with van der Waals surface area (Å²) in [6.07, 6.45) is 1.52. The van der Waals surface area contributed by atoms with Gasteiger partial charge in [0.15, 0.2) is 0 Å². The summed E-state index contributed by atoms with van der Waals surface area (Å²) in [5, 5.41) is 21.8. The highest BCUT2D eigenvalue weighted by molar-refractivity contribution is 6.31. The van der Waals surface area contributed by atoms with Gasteiger partial charge in [0.25, 0.3) is 5.88 Å². The zero-order valence-corrected chi connectivity index (χ0v) is 15.4. The molecule has 8 heteroatoms. The van der Waals surface area contributed by atoms with E-state index in [1.807, 2.05) is 0 Å². The number of carboxylic acid groups (broad SMARTS) is 1. The number of nitrogens with zero attached hydrogens (tertiary/aromatic N) is 2. The van der Waals surface area contributed by atoms with Crippen LogP contribution in [0.5, 0.6) is 17.4 Å². The summed E-state index contributed by atoms with van der Waals surface area (Å²) in [4.78, 5) is 15.6. The van der Waals surface area contributed by atoms with E-state index in [2.05, 4.69) is 4.98 Å². The molecule has 1 N–H and O–H groups in total. The zero-order chi connectivity index (χ0) is 19.6. The molecule has 0 spiro atoms. The van der Waals surface area contributed by atoms with Crippen molar-refractivity contribution in [1.29, 1.82) is 0 Å². The number of carboxylic acids is 1. The predicted octanol–water partition coefficient (Wildman–Crippen LogP) is 3.95. The van der Waals surface area contributed by atoms with Crippen molar-refractivity contribution in [3.63, 3.8) is 0 Å². The van der Waals surface area contributed by atoms with Crippen molar-refractivity contribution in [3.05, 3.63) is 58.9 Å². The van der Waals surface area contributed by atoms with Gasteiger partial charge in [0.05, 0.1) is 0 Å². The quantitative estimate of drug-likeness (QED) is 0.507. The molecule has 3 rings (SSSR count). The van der Waals surface area contributed by atoms with Gasteiger partial charge in [0, 0.05) is 11.1 Å². The van der Waals surface area contributed by atoms with E-state index >= 15 is 0 Å². The molecule has 140 valence electrons. The molecule has 0 radical (unpaired) electrons. The van der Waals surface area contributed by atoms with Crippen LogP contribution >= 0.6 is 11.6 Å². The lowest BCUT2D eigenvalue weighted by atomic mass is 10.0. The van der Waals surface area contributed by atoms with Gasteiger partial charge in [-0.05, 0) is 49.7 Å². The minimum atomic E-state index is -1.31. The number of halogens is 1. The summed E-state index contributed by atoms with van der Waals surface area (Å²) in [6.45, 7) is 3.25. The summed E-state index contributed by atoms with van der Waals surface area (Å²) in [6, 6.07) is 11.2. The molecule has 1 aromatic heterocycles. The topological polar surface area (TPSA) is 95.6 Å². The van der Waals surface area contributed by atoms with E-state index in [1.54, 1.807) is 43.3 Å². The number of hydrogen-bond donors (Lipinski definition) is 1. The van der Waals surface area contributed by atoms with E-state index < -0.39 is 11.6 Å². The highest BCUT2D eigenvalue weighted by atomic mass is 35.5. The summed E-state index contributed by atoms with van der Waals surface area (Å²) < 4.78 is 11.8. The Morgan fingerprint density at radius 1 is 1.26 bits per heavy atom. The fourth-order valence-electron chi connectivity index (χ4n) is 2.36. The van der Waals surface area contributed by atoms with Crippen LogP contribution in [-0.4, -0.2) is 21.7 Å². The van der Waals surface area contributed by atoms with Gasteiger partial charge >= 0.3 is 5.97 Å². The lowest BCUT2D eigenvalue weighted by Crippen LogP contribution is -2.40. The largest absolute Gasteiger partial charge is 0.618 e. The molecule has 1 atom stereocenters. The van der Waals surface area contributed by atoms with Gasteiger partial charge in [0.2, 0.25) is 17.3 Å². The number of hydrogen-bond acceptors (Lipinski definition) is 5. The summed E-state index contributed by atoms with van der Waals surface area (Å²) in [5.74, 6) is -0.0889. The van der Waals surface area contributed by atoms with Crippen LogP contribution in [-0.2, 0) is 4.79 Å². The monoisotopic (exact) mass is 388 g/mol. The maximum Gasteiger partial charge on any atom is 0.347 e. The molecule has 0 saturated heterocycles. The molecular formula is C19H17ClN2O5. The lowest BCUT2D eigenvalue weighted by Gasteiger charge is -2.24. The molecule has 0 aliphatic rings. The minimum Gasteiger partial charge on any atom is -0.618 e. The van der Waals surface area contributed by atoms with Crippen molar-refractivity contribution in [2.75, 3.05) is 0 Å². The molecule has 0 fully saturated rings. The maximum atomic E-state index is 12.1. The van der Waals surface area contributed by atoms with Gasteiger partial charge in [-0.2, -0.15) is 4.73 Å². The molecule has 1 heterocycles. The Morgan fingerprint density at radius 2 is 1.93 bits per heavy atom. The molecule has 2 aromatic carbocycles. The Bertz CT molecular complexity index is 993. The first-order valence-corrected chi connectivity index (χ1v) is 8.58. The molecule has 3 aromatic rings. The third kappa shape index (κ3) is 4.03. The fourth-order valence-corrected chi connectivity index (χ4v) is 2.52. The van der Waals surface area contributed by atoms with Crippen LogP contribution in [0.1, 0.15) is 20.3 Å². The van der Waals surface area contributed by atoms with Crippen molar-refractivity contribution in [3.8, 4) is 17.4 Å². The molecule has 27 heavy (non-hydrogen) atoms. The molecule has 7 nitrogen and oxygen atoms in total. The minimum absolute atomic E-state index is 0.123. The predicted molar refractivity (Wildman–Crippen MR) is 99.2 cm³/mol. The van der Waals surface area contributed by atoms with Crippen molar-refractivity contribution in [2.24, 2.45) is 0 Å². The SMILES string of the molecule is CCC(C)(Oc1ccc(Oc2c[n+]([O-])c3cc(Cl)ccc3n2)cc1)C(=O)O. The van der Waals surface area contributed by atoms with Crippen LogP contribution in [0.4, 0.5) is 0 Å². The van der Waals surface area contributed by atoms with Crippen molar-refractivity contribution in [2.45, 2.75) is 25.9 Å². The first kappa shape index (κ1) is 18.7. The number of fused-ring (bicyclic) bond motifs is 1. The Kier molecular flexibility index (Phi) is 5.05. The molecule has 0 saturated carbocycles. The van der Waals surface area contributed by atoms with Crippen LogP contribution in [0.2, 0.25) is 5.02 Å². The Hall–Kier alpha value is -3.06. The van der Waals surface area contributed by atoms with E-state index in [0.29, 0.717) is 38.7 Å². The first-order chi connectivity index (χ1) is 12.8. The van der Waals surface area contributed by atoms with Crippen molar-refractivity contribution in [1.82, 2.24) is 4.98 Å². The Labute approximate surface area is 160 Å². The first-order valence-electron chi connectivity index (χ1n) is 8.20. The third-order valence-electron chi connectivity index (χ3n) is 4.15. The number of ether oxygens (including phenoxy) is 2. The number of benzene rings is 2. The van der Waals surface area contributed by atoms with Crippen LogP contribution in [0.15, 0.2) is 48.7 Å². The molecule has 0 aliphatic carbocycles. The van der Waals surface area contributed by atoms with E-state index in [9.17, 15) is 15.1 Å². The third-order valence-corrected chi connectivity index (χ3v) is 4.38. The van der Waals surface area contributed by atoms with Gasteiger partial charge in [-0.1, -0.05) is 18.5 Å². The van der Waals surface area contributed by atoms with Crippen molar-refractivity contribution >= 4 is 28.6 Å². The highest BCUT2D eigenvalue weighted by Crippen LogP contribution is 2.27. The van der Waals surface area contributed by atoms with Gasteiger partial charge in [-0.15, -0.1) is 0 Å². The second-order valence-corrected chi connectivity index (χ2v) is 6.54. The smallest absolute Gasteiger partial charge is 0.347 e. The van der Waals surface area contributed by atoms with E-state index in [1.165, 1.54) is 19.2 Å². The summed E-state index contributed by atoms with van der Waals surface area (Å²) in [7, 11) is 0. The zero-order valence-electron chi connectivity index (χ0n) is 14.7. The van der Waals surface area contributed by atoms with E-state index in [4.69, 9.17) is 21.1 Å². The van der Waals surface area contributed by atoms with Crippen LogP contribution in [0.3, 0.4) is 0 Å². The average Bonchev–Trinajstić information content (AvgIpc) is 2.64. The summed E-state index contributed by atoms with van der Waals surface area (Å²) in [5.41, 5.74) is -0.518. The average molecular weight is 389 g/mol. The number of aromatic nitrogens is 2. The van der Waals surface area contributed by atoms with Crippen LogP contribution in [0.25, 0.3) is 11.0 Å². The molecule has 0 aliphatic heterocycles. The van der Waals surface area contributed by atoms with Gasteiger partial charge in [-0.25, -0.2) is 9.78 Å². The Balaban J connectivity index is 1.80. The lowest BCUT2D eigenvalue weighted by molar-refractivity contribution is -0.577. The number of carbonyl (C=O) groups is 1. The number of rotatable bonds is 6. The van der Waals surface area contributed by atoms with Crippen LogP contribution < -0.4 is 14.2 Å². The number of aliphatic carboxylic acids is 1. The van der Waals surface area contributed by atoms with Gasteiger partial charge in [0.1, 0.15) is 17.0 Å². The molecule has 1 unspecified atom stereocenters. The molecular weight excluding hydrogens is 372 g/mol. The molecule has 0 bridgehead atoms. The standard InChI is InChI=1S/C19H17ClN2O5/c1-3-19(2,18(23)24)27-14-7-5-13(6-8-14)26-17-11-22(25)16-10-12(20)4-9-15(16)21-17/h4-11H,3H2,1-2H3,(H,23,24).